The van der Waals surface area contributed by atoms with Crippen molar-refractivity contribution in [2.24, 2.45) is 0 Å². The molecule has 0 radical (unpaired) electrons. The standard InChI is InChI=1S/C23H25N5O/c29-23(25-16-17-11-13-24-14-12-17)20-15-21(26-19-9-5-2-6-10-19)28-22(27-20)18-7-3-1-4-8-18/h1,3-4,7-8,11-15,19H,2,5-6,9-10,16H2,(H,25,29)(H,26,27,28). The lowest BCUT2D eigenvalue weighted by molar-refractivity contribution is 0.0946. The summed E-state index contributed by atoms with van der Waals surface area (Å²) in [5, 5.41) is 6.46. The van der Waals surface area contributed by atoms with Gasteiger partial charge in [-0.15, -0.1) is 0 Å². The zero-order valence-electron chi connectivity index (χ0n) is 16.3. The molecule has 6 nitrogen and oxygen atoms in total. The van der Waals surface area contributed by atoms with Crippen LogP contribution in [0.4, 0.5) is 5.82 Å². The van der Waals surface area contributed by atoms with Crippen LogP contribution < -0.4 is 10.6 Å². The van der Waals surface area contributed by atoms with E-state index in [0.717, 1.165) is 24.0 Å². The topological polar surface area (TPSA) is 79.8 Å². The van der Waals surface area contributed by atoms with Crippen molar-refractivity contribution in [1.82, 2.24) is 20.3 Å². The summed E-state index contributed by atoms with van der Waals surface area (Å²) in [4.78, 5) is 26.0. The molecule has 1 fully saturated rings. The van der Waals surface area contributed by atoms with Crippen LogP contribution in [0.2, 0.25) is 0 Å². The summed E-state index contributed by atoms with van der Waals surface area (Å²) < 4.78 is 0. The zero-order chi connectivity index (χ0) is 19.9. The molecule has 1 amide bonds. The lowest BCUT2D eigenvalue weighted by Crippen LogP contribution is -2.26. The molecule has 1 aromatic carbocycles. The molecule has 2 aromatic heterocycles. The van der Waals surface area contributed by atoms with Crippen molar-refractivity contribution in [3.63, 3.8) is 0 Å². The number of hydrogen-bond donors (Lipinski definition) is 2. The van der Waals surface area contributed by atoms with Gasteiger partial charge in [0.2, 0.25) is 0 Å². The second kappa shape index (κ2) is 9.28. The Bertz CT molecular complexity index is 940. The van der Waals surface area contributed by atoms with Crippen molar-refractivity contribution in [3.8, 4) is 11.4 Å². The molecule has 2 N–H and O–H groups in total. The fourth-order valence-electron chi connectivity index (χ4n) is 3.58. The van der Waals surface area contributed by atoms with Crippen LogP contribution in [0.25, 0.3) is 11.4 Å². The Morgan fingerprint density at radius 3 is 2.48 bits per heavy atom. The summed E-state index contributed by atoms with van der Waals surface area (Å²) >= 11 is 0. The Kier molecular flexibility index (Phi) is 6.10. The molecule has 1 aliphatic rings. The smallest absolute Gasteiger partial charge is 0.270 e. The first-order chi connectivity index (χ1) is 14.3. The average Bonchev–Trinajstić information content (AvgIpc) is 2.79. The highest BCUT2D eigenvalue weighted by atomic mass is 16.1. The van der Waals surface area contributed by atoms with Crippen LogP contribution in [0.15, 0.2) is 60.9 Å². The maximum atomic E-state index is 12.8. The van der Waals surface area contributed by atoms with E-state index in [9.17, 15) is 4.79 Å². The predicted octanol–water partition coefficient (Wildman–Crippen LogP) is 4.21. The number of nitrogens with one attached hydrogen (secondary N) is 2. The number of aromatic nitrogens is 3. The van der Waals surface area contributed by atoms with Crippen LogP contribution in [0.1, 0.15) is 48.2 Å². The lowest BCUT2D eigenvalue weighted by atomic mass is 9.95. The molecular formula is C23H25N5O. The number of rotatable bonds is 6. The van der Waals surface area contributed by atoms with Crippen molar-refractivity contribution in [2.75, 3.05) is 5.32 Å². The Labute approximate surface area is 170 Å². The number of pyridine rings is 1. The van der Waals surface area contributed by atoms with E-state index in [4.69, 9.17) is 0 Å². The van der Waals surface area contributed by atoms with Gasteiger partial charge in [-0.05, 0) is 30.5 Å². The first-order valence-corrected chi connectivity index (χ1v) is 10.2. The van der Waals surface area contributed by atoms with E-state index in [1.807, 2.05) is 42.5 Å². The summed E-state index contributed by atoms with van der Waals surface area (Å²) in [6, 6.07) is 15.7. The molecule has 4 rings (SSSR count). The average molecular weight is 387 g/mol. The summed E-state index contributed by atoms with van der Waals surface area (Å²) in [6.07, 6.45) is 9.45. The van der Waals surface area contributed by atoms with Gasteiger partial charge in [-0.1, -0.05) is 49.6 Å². The third kappa shape index (κ3) is 5.16. The number of anilines is 1. The highest BCUT2D eigenvalue weighted by Gasteiger charge is 2.17. The van der Waals surface area contributed by atoms with Crippen LogP contribution in [-0.2, 0) is 6.54 Å². The van der Waals surface area contributed by atoms with Gasteiger partial charge < -0.3 is 10.6 Å². The minimum atomic E-state index is -0.215. The molecule has 1 saturated carbocycles. The Balaban J connectivity index is 1.57. The van der Waals surface area contributed by atoms with Gasteiger partial charge in [0.15, 0.2) is 5.82 Å². The molecule has 29 heavy (non-hydrogen) atoms. The number of benzene rings is 1. The van der Waals surface area contributed by atoms with Crippen molar-refractivity contribution in [2.45, 2.75) is 44.7 Å². The van der Waals surface area contributed by atoms with E-state index in [1.165, 1.54) is 19.3 Å². The highest BCUT2D eigenvalue weighted by molar-refractivity contribution is 5.93. The molecule has 148 valence electrons. The molecule has 0 saturated heterocycles. The van der Waals surface area contributed by atoms with Gasteiger partial charge >= 0.3 is 0 Å². The number of amides is 1. The molecule has 0 spiro atoms. The number of nitrogens with zero attached hydrogens (tertiary/aromatic N) is 3. The maximum absolute atomic E-state index is 12.8. The maximum Gasteiger partial charge on any atom is 0.270 e. The van der Waals surface area contributed by atoms with Gasteiger partial charge in [0.05, 0.1) is 0 Å². The monoisotopic (exact) mass is 387 g/mol. The van der Waals surface area contributed by atoms with Crippen LogP contribution in [0.3, 0.4) is 0 Å². The zero-order valence-corrected chi connectivity index (χ0v) is 16.3. The molecule has 6 heteroatoms. The fourth-order valence-corrected chi connectivity index (χ4v) is 3.58. The minimum absolute atomic E-state index is 0.215. The molecule has 0 atom stereocenters. The van der Waals surface area contributed by atoms with E-state index < -0.39 is 0 Å². The third-order valence-electron chi connectivity index (χ3n) is 5.15. The van der Waals surface area contributed by atoms with Crippen LogP contribution >= 0.6 is 0 Å². The van der Waals surface area contributed by atoms with Crippen molar-refractivity contribution in [3.05, 3.63) is 72.2 Å². The number of carbonyl (C=O) groups is 1. The Hall–Kier alpha value is -3.28. The second-order valence-electron chi connectivity index (χ2n) is 7.35. The SMILES string of the molecule is O=C(NCc1ccncc1)c1cc(NC2CCCCC2)nc(-c2ccccc2)n1. The predicted molar refractivity (Wildman–Crippen MR) is 113 cm³/mol. The van der Waals surface area contributed by atoms with Crippen molar-refractivity contribution >= 4 is 11.7 Å². The normalized spacial score (nSPS) is 14.3. The lowest BCUT2D eigenvalue weighted by Gasteiger charge is -2.23. The Morgan fingerprint density at radius 1 is 0.966 bits per heavy atom. The summed E-state index contributed by atoms with van der Waals surface area (Å²) in [5.74, 6) is 1.05. The molecular weight excluding hydrogens is 362 g/mol. The largest absolute Gasteiger partial charge is 0.367 e. The first kappa shape index (κ1) is 19.1. The fraction of sp³-hybridized carbons (Fsp3) is 0.304. The van der Waals surface area contributed by atoms with Crippen molar-refractivity contribution in [1.29, 1.82) is 0 Å². The molecule has 3 aromatic rings. The minimum Gasteiger partial charge on any atom is -0.367 e. The highest BCUT2D eigenvalue weighted by Crippen LogP contribution is 2.23. The van der Waals surface area contributed by atoms with Gasteiger partial charge in [-0.25, -0.2) is 9.97 Å². The van der Waals surface area contributed by atoms with Gasteiger partial charge in [0.1, 0.15) is 11.5 Å². The number of hydrogen-bond acceptors (Lipinski definition) is 5. The second-order valence-corrected chi connectivity index (χ2v) is 7.35. The molecule has 0 unspecified atom stereocenters. The van der Waals surface area contributed by atoms with Crippen LogP contribution in [-0.4, -0.2) is 26.9 Å². The molecule has 1 aliphatic carbocycles. The molecule has 0 aliphatic heterocycles. The quantitative estimate of drug-likeness (QED) is 0.662. The van der Waals surface area contributed by atoms with E-state index in [0.29, 0.717) is 29.9 Å². The van der Waals surface area contributed by atoms with Crippen LogP contribution in [0, 0.1) is 0 Å². The number of carbonyl (C=O) groups excluding carboxylic acids is 1. The summed E-state index contributed by atoms with van der Waals surface area (Å²) in [6.45, 7) is 0.428. The van der Waals surface area contributed by atoms with Gasteiger partial charge in [-0.2, -0.15) is 0 Å². The molecule has 2 heterocycles. The Morgan fingerprint density at radius 2 is 1.72 bits per heavy atom. The van der Waals surface area contributed by atoms with E-state index in [2.05, 4.69) is 25.6 Å². The van der Waals surface area contributed by atoms with Gasteiger partial charge in [-0.3, -0.25) is 9.78 Å². The van der Waals surface area contributed by atoms with E-state index >= 15 is 0 Å². The van der Waals surface area contributed by atoms with E-state index in [-0.39, 0.29) is 5.91 Å². The van der Waals surface area contributed by atoms with Crippen molar-refractivity contribution < 1.29 is 4.79 Å². The van der Waals surface area contributed by atoms with Gasteiger partial charge in [0, 0.05) is 36.6 Å². The third-order valence-corrected chi connectivity index (χ3v) is 5.15. The summed E-state index contributed by atoms with van der Waals surface area (Å²) in [7, 11) is 0. The van der Waals surface area contributed by atoms with E-state index in [1.54, 1.807) is 18.5 Å². The molecule has 0 bridgehead atoms. The van der Waals surface area contributed by atoms with Gasteiger partial charge in [0.25, 0.3) is 5.91 Å². The first-order valence-electron chi connectivity index (χ1n) is 10.2. The summed E-state index contributed by atoms with van der Waals surface area (Å²) in [5.41, 5.74) is 2.25. The van der Waals surface area contributed by atoms with Crippen LogP contribution in [0.5, 0.6) is 0 Å².